The van der Waals surface area contributed by atoms with Gasteiger partial charge in [0.25, 0.3) is 0 Å². The average Bonchev–Trinajstić information content (AvgIpc) is 2.79. The molecule has 1 amide bonds. The number of aromatic carboxylic acids is 1. The Bertz CT molecular complexity index is 806. The Morgan fingerprint density at radius 3 is 2.38 bits per heavy atom. The number of carbonyl (C=O) groups is 2. The Morgan fingerprint density at radius 2 is 1.88 bits per heavy atom. The third-order valence-electron chi connectivity index (χ3n) is 2.78. The van der Waals surface area contributed by atoms with E-state index in [2.05, 4.69) is 10.3 Å². The fourth-order valence-corrected chi connectivity index (χ4v) is 1.95. The van der Waals surface area contributed by atoms with Gasteiger partial charge in [0.1, 0.15) is 11.2 Å². The van der Waals surface area contributed by atoms with Crippen LogP contribution in [0.2, 0.25) is 0 Å². The molecule has 24 heavy (non-hydrogen) atoms. The van der Waals surface area contributed by atoms with Gasteiger partial charge in [0.2, 0.25) is 5.82 Å². The van der Waals surface area contributed by atoms with Crippen molar-refractivity contribution in [1.29, 1.82) is 0 Å². The highest BCUT2D eigenvalue weighted by Gasteiger charge is 2.35. The topological polar surface area (TPSA) is 104 Å². The van der Waals surface area contributed by atoms with Crippen molar-refractivity contribution >= 4 is 28.8 Å². The third kappa shape index (κ3) is 3.76. The molecule has 0 aliphatic carbocycles. The van der Waals surface area contributed by atoms with Gasteiger partial charge in [0.05, 0.1) is 16.7 Å². The normalized spacial score (nSPS) is 12.2. The zero-order valence-electron chi connectivity index (χ0n) is 12.9. The van der Waals surface area contributed by atoms with Crippen molar-refractivity contribution in [2.24, 2.45) is 0 Å². The number of carboxylic acid groups (broad SMARTS) is 1. The number of fused-ring (bicyclic) bond motifs is 1. The second kappa shape index (κ2) is 5.69. The number of carboxylic acids is 1. The Morgan fingerprint density at radius 1 is 1.25 bits per heavy atom. The van der Waals surface area contributed by atoms with E-state index in [4.69, 9.17) is 4.74 Å². The molecule has 2 rings (SSSR count). The number of aromatic nitrogens is 2. The number of benzene rings is 1. The van der Waals surface area contributed by atoms with Crippen molar-refractivity contribution in [2.45, 2.75) is 32.5 Å². The Kier molecular flexibility index (Phi) is 4.17. The molecule has 3 N–H and O–H groups in total. The molecule has 0 unspecified atom stereocenters. The molecule has 0 saturated carbocycles. The number of hydrogen-bond donors (Lipinski definition) is 3. The van der Waals surface area contributed by atoms with Gasteiger partial charge in [-0.1, -0.05) is 0 Å². The first-order chi connectivity index (χ1) is 10.9. The van der Waals surface area contributed by atoms with E-state index in [9.17, 15) is 27.9 Å². The minimum atomic E-state index is -4.76. The number of carbonyl (C=O) groups excluding carboxylic acids is 1. The summed E-state index contributed by atoms with van der Waals surface area (Å²) < 4.78 is 43.2. The smallest absolute Gasteiger partial charge is 0.449 e. The molecule has 10 heteroatoms. The lowest BCUT2D eigenvalue weighted by Crippen LogP contribution is -2.27. The molecule has 1 heterocycles. The van der Waals surface area contributed by atoms with Crippen LogP contribution in [0.5, 0.6) is 0 Å². The van der Waals surface area contributed by atoms with Crippen molar-refractivity contribution in [3.8, 4) is 0 Å². The maximum absolute atomic E-state index is 12.7. The van der Waals surface area contributed by atoms with Crippen LogP contribution in [0.25, 0.3) is 11.0 Å². The highest BCUT2D eigenvalue weighted by molar-refractivity contribution is 6.08. The van der Waals surface area contributed by atoms with Crippen molar-refractivity contribution in [2.75, 3.05) is 5.32 Å². The second-order valence-corrected chi connectivity index (χ2v) is 5.90. The Balaban J connectivity index is 2.49. The van der Waals surface area contributed by atoms with E-state index >= 15 is 0 Å². The number of hydrogen-bond acceptors (Lipinski definition) is 4. The summed E-state index contributed by atoms with van der Waals surface area (Å²) in [6.07, 6.45) is -5.69. The zero-order chi connectivity index (χ0) is 18.3. The molecule has 0 spiro atoms. The highest BCUT2D eigenvalue weighted by atomic mass is 19.4. The molecule has 0 saturated heterocycles. The molecule has 0 aliphatic heterocycles. The van der Waals surface area contributed by atoms with Crippen LogP contribution in [-0.2, 0) is 10.9 Å². The Hall–Kier alpha value is -2.78. The lowest BCUT2D eigenvalue weighted by molar-refractivity contribution is -0.144. The van der Waals surface area contributed by atoms with Crippen LogP contribution in [-0.4, -0.2) is 32.7 Å². The lowest BCUT2D eigenvalue weighted by Gasteiger charge is -2.20. The summed E-state index contributed by atoms with van der Waals surface area (Å²) in [6, 6.07) is 2.32. The van der Waals surface area contributed by atoms with Gasteiger partial charge >= 0.3 is 18.2 Å². The van der Waals surface area contributed by atoms with E-state index in [-0.39, 0.29) is 16.7 Å². The second-order valence-electron chi connectivity index (χ2n) is 5.90. The number of H-pyrrole nitrogens is 1. The molecule has 130 valence electrons. The summed E-state index contributed by atoms with van der Waals surface area (Å²) in [5, 5.41) is 11.5. The van der Waals surface area contributed by atoms with E-state index in [0.717, 1.165) is 6.07 Å². The van der Waals surface area contributed by atoms with Gasteiger partial charge in [-0.3, -0.25) is 5.32 Å². The predicted octanol–water partition coefficient (Wildman–Crippen LogP) is 3.63. The van der Waals surface area contributed by atoms with Crippen molar-refractivity contribution in [3.63, 3.8) is 0 Å². The summed E-state index contributed by atoms with van der Waals surface area (Å²) in [4.78, 5) is 28.5. The first kappa shape index (κ1) is 17.6. The molecule has 2 aromatic rings. The molecule has 1 aromatic carbocycles. The maximum Gasteiger partial charge on any atom is 0.449 e. The summed E-state index contributed by atoms with van der Waals surface area (Å²) in [5.74, 6) is -2.85. The minimum Gasteiger partial charge on any atom is -0.478 e. The number of nitrogens with zero attached hydrogens (tertiary/aromatic N) is 1. The van der Waals surface area contributed by atoms with Crippen LogP contribution in [0, 0.1) is 0 Å². The molecule has 0 radical (unpaired) electrons. The number of imidazole rings is 1. The van der Waals surface area contributed by atoms with E-state index in [1.807, 2.05) is 4.98 Å². The van der Waals surface area contributed by atoms with Gasteiger partial charge in [-0.15, -0.1) is 0 Å². The van der Waals surface area contributed by atoms with Gasteiger partial charge in [0.15, 0.2) is 0 Å². The molecule has 1 aromatic heterocycles. The van der Waals surface area contributed by atoms with E-state index in [1.54, 1.807) is 20.8 Å². The van der Waals surface area contributed by atoms with E-state index in [1.165, 1.54) is 6.07 Å². The van der Waals surface area contributed by atoms with Crippen LogP contribution in [0.3, 0.4) is 0 Å². The fourth-order valence-electron chi connectivity index (χ4n) is 1.95. The van der Waals surface area contributed by atoms with E-state index < -0.39 is 35.2 Å². The number of rotatable bonds is 2. The molecule has 0 fully saturated rings. The lowest BCUT2D eigenvalue weighted by atomic mass is 10.1. The fraction of sp³-hybridized carbons (Fsp3) is 0.357. The largest absolute Gasteiger partial charge is 0.478 e. The number of amides is 1. The number of halogens is 3. The quantitative estimate of drug-likeness (QED) is 0.771. The molecular formula is C14H14F3N3O4. The molecule has 0 bridgehead atoms. The van der Waals surface area contributed by atoms with Gasteiger partial charge < -0.3 is 14.8 Å². The summed E-state index contributed by atoms with van der Waals surface area (Å²) in [6.45, 7) is 4.83. The predicted molar refractivity (Wildman–Crippen MR) is 77.9 cm³/mol. The van der Waals surface area contributed by atoms with Crippen LogP contribution in [0.4, 0.5) is 23.7 Å². The molecular weight excluding hydrogens is 331 g/mol. The minimum absolute atomic E-state index is 0.186. The standard InChI is InChI=1S/C14H14F3N3O4/c1-13(2,3)24-12(23)19-6-4-5-7-9(8(6)10(21)22)20-11(18-7)14(15,16)17/h4-5H,1-3H3,(H,18,20)(H,19,23)(H,21,22). The third-order valence-corrected chi connectivity index (χ3v) is 2.78. The first-order valence-electron chi connectivity index (χ1n) is 6.71. The van der Waals surface area contributed by atoms with Crippen LogP contribution < -0.4 is 5.32 Å². The zero-order valence-corrected chi connectivity index (χ0v) is 12.9. The number of ether oxygens (including phenoxy) is 1. The monoisotopic (exact) mass is 345 g/mol. The SMILES string of the molecule is CC(C)(C)OC(=O)Nc1ccc2nc(C(F)(F)F)[nH]c2c1C(=O)O. The van der Waals surface area contributed by atoms with Gasteiger partial charge in [-0.05, 0) is 32.9 Å². The highest BCUT2D eigenvalue weighted by Crippen LogP contribution is 2.32. The maximum atomic E-state index is 12.7. The first-order valence-corrected chi connectivity index (χ1v) is 6.71. The number of nitrogens with one attached hydrogen (secondary N) is 2. The van der Waals surface area contributed by atoms with Gasteiger partial charge in [-0.2, -0.15) is 13.2 Å². The molecule has 7 nitrogen and oxygen atoms in total. The number of alkyl halides is 3. The Labute approximate surface area is 133 Å². The molecule has 0 aliphatic rings. The van der Waals surface area contributed by atoms with Crippen LogP contribution >= 0.6 is 0 Å². The van der Waals surface area contributed by atoms with Crippen molar-refractivity contribution in [3.05, 3.63) is 23.5 Å². The van der Waals surface area contributed by atoms with Gasteiger partial charge in [0, 0.05) is 0 Å². The number of anilines is 1. The average molecular weight is 345 g/mol. The van der Waals surface area contributed by atoms with Gasteiger partial charge in [-0.25, -0.2) is 14.6 Å². The number of aromatic amines is 1. The van der Waals surface area contributed by atoms with Crippen LogP contribution in [0.1, 0.15) is 37.0 Å². The van der Waals surface area contributed by atoms with Crippen molar-refractivity contribution in [1.82, 2.24) is 9.97 Å². The summed E-state index contributed by atoms with van der Waals surface area (Å²) >= 11 is 0. The van der Waals surface area contributed by atoms with Crippen molar-refractivity contribution < 1.29 is 32.6 Å². The van der Waals surface area contributed by atoms with Crippen LogP contribution in [0.15, 0.2) is 12.1 Å². The van der Waals surface area contributed by atoms with E-state index in [0.29, 0.717) is 0 Å². The molecule has 0 atom stereocenters. The summed E-state index contributed by atoms with van der Waals surface area (Å²) in [7, 11) is 0. The summed E-state index contributed by atoms with van der Waals surface area (Å²) in [5.41, 5.74) is -2.10.